The summed E-state index contributed by atoms with van der Waals surface area (Å²) >= 11 is 0. The van der Waals surface area contributed by atoms with E-state index in [-0.39, 0.29) is 29.8 Å². The van der Waals surface area contributed by atoms with Crippen LogP contribution in [0.3, 0.4) is 0 Å². The molecule has 0 radical (unpaired) electrons. The topological polar surface area (TPSA) is 70.2 Å². The monoisotopic (exact) mass is 331 g/mol. The van der Waals surface area contributed by atoms with Gasteiger partial charge in [-0.05, 0) is 37.8 Å². The summed E-state index contributed by atoms with van der Waals surface area (Å²) in [5.74, 6) is -0.173. The Labute approximate surface area is 144 Å². The molecule has 1 heterocycles. The number of nitrogens with one attached hydrogen (secondary N) is 3. The summed E-state index contributed by atoms with van der Waals surface area (Å²) in [6.45, 7) is 6.99. The molecule has 1 aromatic carbocycles. The maximum Gasteiger partial charge on any atom is 0.243 e. The first-order chi connectivity index (χ1) is 11.5. The summed E-state index contributed by atoms with van der Waals surface area (Å²) in [7, 11) is 0. The normalized spacial score (nSPS) is 22.0. The third-order valence-electron chi connectivity index (χ3n) is 4.56. The Morgan fingerprint density at radius 1 is 1.25 bits per heavy atom. The molecule has 3 N–H and O–H groups in total. The van der Waals surface area contributed by atoms with Crippen LogP contribution in [-0.4, -0.2) is 36.5 Å². The van der Waals surface area contributed by atoms with E-state index >= 15 is 0 Å². The van der Waals surface area contributed by atoms with Crippen LogP contribution in [0.2, 0.25) is 0 Å². The van der Waals surface area contributed by atoms with Gasteiger partial charge in [-0.25, -0.2) is 0 Å². The van der Waals surface area contributed by atoms with Crippen LogP contribution >= 0.6 is 0 Å². The van der Waals surface area contributed by atoms with E-state index < -0.39 is 6.04 Å². The van der Waals surface area contributed by atoms with E-state index in [1.807, 2.05) is 44.2 Å². The number of hydrogen-bond donors (Lipinski definition) is 3. The molecule has 1 aromatic rings. The summed E-state index contributed by atoms with van der Waals surface area (Å²) in [4.78, 5) is 24.9. The Balaban J connectivity index is 1.92. The molecular weight excluding hydrogens is 302 g/mol. The lowest BCUT2D eigenvalue weighted by Gasteiger charge is -2.32. The molecule has 24 heavy (non-hydrogen) atoms. The third-order valence-corrected chi connectivity index (χ3v) is 4.56. The van der Waals surface area contributed by atoms with Crippen molar-refractivity contribution in [2.24, 2.45) is 5.92 Å². The second-order valence-corrected chi connectivity index (χ2v) is 6.95. The Morgan fingerprint density at radius 2 is 1.96 bits per heavy atom. The highest BCUT2D eigenvalue weighted by Gasteiger charge is 2.29. The molecule has 132 valence electrons. The molecule has 3 unspecified atom stereocenters. The fraction of sp³-hybridized carbons (Fsp3) is 0.579. The summed E-state index contributed by atoms with van der Waals surface area (Å²) in [5.41, 5.74) is 0.947. The molecule has 1 fully saturated rings. The number of rotatable bonds is 6. The lowest BCUT2D eigenvalue weighted by atomic mass is 9.97. The first kappa shape index (κ1) is 18.5. The SMILES string of the molecule is CC(C)C(NC(=O)Cc1ccccc1)C(=O)NC1CCCNC1C. The van der Waals surface area contributed by atoms with Crippen molar-refractivity contribution in [2.45, 2.75) is 58.2 Å². The minimum atomic E-state index is -0.504. The van der Waals surface area contributed by atoms with Crippen molar-refractivity contribution in [3.05, 3.63) is 35.9 Å². The molecule has 0 spiro atoms. The zero-order chi connectivity index (χ0) is 17.5. The van der Waals surface area contributed by atoms with Gasteiger partial charge >= 0.3 is 0 Å². The molecule has 3 atom stereocenters. The molecule has 0 aliphatic carbocycles. The quantitative estimate of drug-likeness (QED) is 0.742. The number of piperidine rings is 1. The van der Waals surface area contributed by atoms with Gasteiger partial charge in [-0.3, -0.25) is 9.59 Å². The number of hydrogen-bond acceptors (Lipinski definition) is 3. The van der Waals surface area contributed by atoms with E-state index in [0.717, 1.165) is 24.9 Å². The maximum absolute atomic E-state index is 12.6. The second kappa shape index (κ2) is 8.83. The van der Waals surface area contributed by atoms with Crippen molar-refractivity contribution in [2.75, 3.05) is 6.54 Å². The molecule has 5 nitrogen and oxygen atoms in total. The van der Waals surface area contributed by atoms with Crippen molar-refractivity contribution in [1.29, 1.82) is 0 Å². The van der Waals surface area contributed by atoms with Crippen molar-refractivity contribution in [1.82, 2.24) is 16.0 Å². The zero-order valence-corrected chi connectivity index (χ0v) is 14.8. The van der Waals surface area contributed by atoms with Crippen molar-refractivity contribution in [3.63, 3.8) is 0 Å². The van der Waals surface area contributed by atoms with E-state index in [0.29, 0.717) is 6.42 Å². The highest BCUT2D eigenvalue weighted by Crippen LogP contribution is 2.10. The zero-order valence-electron chi connectivity index (χ0n) is 14.8. The van der Waals surface area contributed by atoms with Gasteiger partial charge in [-0.1, -0.05) is 44.2 Å². The van der Waals surface area contributed by atoms with Gasteiger partial charge in [-0.2, -0.15) is 0 Å². The van der Waals surface area contributed by atoms with Gasteiger partial charge in [0.25, 0.3) is 0 Å². The Kier molecular flexibility index (Phi) is 6.79. The van der Waals surface area contributed by atoms with E-state index in [9.17, 15) is 9.59 Å². The average molecular weight is 331 g/mol. The van der Waals surface area contributed by atoms with Crippen LogP contribution in [0.4, 0.5) is 0 Å². The summed E-state index contributed by atoms with van der Waals surface area (Å²) in [5, 5.41) is 9.38. The van der Waals surface area contributed by atoms with E-state index in [1.54, 1.807) is 0 Å². The lowest BCUT2D eigenvalue weighted by molar-refractivity contribution is -0.130. The van der Waals surface area contributed by atoms with Gasteiger partial charge in [0, 0.05) is 12.1 Å². The molecule has 2 amide bonds. The van der Waals surface area contributed by atoms with Gasteiger partial charge in [-0.15, -0.1) is 0 Å². The standard InChI is InChI=1S/C19H29N3O2/c1-13(2)18(19(24)21-16-10-7-11-20-14(16)3)22-17(23)12-15-8-5-4-6-9-15/h4-6,8-9,13-14,16,18,20H,7,10-12H2,1-3H3,(H,21,24)(H,22,23). The fourth-order valence-corrected chi connectivity index (χ4v) is 3.05. The Bertz CT molecular complexity index is 545. The average Bonchev–Trinajstić information content (AvgIpc) is 2.55. The van der Waals surface area contributed by atoms with Crippen molar-refractivity contribution in [3.8, 4) is 0 Å². The van der Waals surface area contributed by atoms with Gasteiger partial charge < -0.3 is 16.0 Å². The van der Waals surface area contributed by atoms with E-state index in [2.05, 4.69) is 22.9 Å². The second-order valence-electron chi connectivity index (χ2n) is 6.95. The third kappa shape index (κ3) is 5.34. The van der Waals surface area contributed by atoms with Crippen LogP contribution in [0.1, 0.15) is 39.2 Å². The van der Waals surface area contributed by atoms with Crippen molar-refractivity contribution < 1.29 is 9.59 Å². The first-order valence-corrected chi connectivity index (χ1v) is 8.84. The summed E-state index contributed by atoms with van der Waals surface area (Å²) in [6, 6.07) is 9.45. The molecule has 0 aromatic heterocycles. The smallest absolute Gasteiger partial charge is 0.243 e. The summed E-state index contributed by atoms with van der Waals surface area (Å²) in [6.07, 6.45) is 2.32. The van der Waals surface area contributed by atoms with E-state index in [1.165, 1.54) is 0 Å². The largest absolute Gasteiger partial charge is 0.350 e. The number of benzene rings is 1. The van der Waals surface area contributed by atoms with Gasteiger partial charge in [0.1, 0.15) is 6.04 Å². The van der Waals surface area contributed by atoms with Crippen LogP contribution in [0.25, 0.3) is 0 Å². The molecule has 0 saturated carbocycles. The van der Waals surface area contributed by atoms with Gasteiger partial charge in [0.05, 0.1) is 6.42 Å². The molecule has 0 bridgehead atoms. The predicted octanol–water partition coefficient (Wildman–Crippen LogP) is 1.63. The van der Waals surface area contributed by atoms with Crippen LogP contribution in [-0.2, 0) is 16.0 Å². The van der Waals surface area contributed by atoms with Crippen LogP contribution in [0.15, 0.2) is 30.3 Å². The molecule has 1 saturated heterocycles. The van der Waals surface area contributed by atoms with Crippen LogP contribution in [0, 0.1) is 5.92 Å². The van der Waals surface area contributed by atoms with E-state index in [4.69, 9.17) is 0 Å². The minimum Gasteiger partial charge on any atom is -0.350 e. The van der Waals surface area contributed by atoms with Crippen LogP contribution < -0.4 is 16.0 Å². The minimum absolute atomic E-state index is 0.0385. The maximum atomic E-state index is 12.6. The number of carbonyl (C=O) groups excluding carboxylic acids is 2. The molecule has 2 rings (SSSR count). The predicted molar refractivity (Wildman–Crippen MR) is 95.5 cm³/mol. The van der Waals surface area contributed by atoms with Crippen molar-refractivity contribution >= 4 is 11.8 Å². The highest BCUT2D eigenvalue weighted by atomic mass is 16.2. The number of amides is 2. The molecule has 1 aliphatic heterocycles. The Morgan fingerprint density at radius 3 is 2.58 bits per heavy atom. The van der Waals surface area contributed by atoms with Gasteiger partial charge in [0.2, 0.25) is 11.8 Å². The Hall–Kier alpha value is -1.88. The number of carbonyl (C=O) groups is 2. The molecule has 1 aliphatic rings. The lowest BCUT2D eigenvalue weighted by Crippen LogP contribution is -2.57. The first-order valence-electron chi connectivity index (χ1n) is 8.84. The van der Waals surface area contributed by atoms with Crippen LogP contribution in [0.5, 0.6) is 0 Å². The van der Waals surface area contributed by atoms with Gasteiger partial charge in [0.15, 0.2) is 0 Å². The molecule has 5 heteroatoms. The summed E-state index contributed by atoms with van der Waals surface area (Å²) < 4.78 is 0. The fourth-order valence-electron chi connectivity index (χ4n) is 3.05. The molecular formula is C19H29N3O2. The highest BCUT2D eigenvalue weighted by molar-refractivity contribution is 5.88.